The Hall–Kier alpha value is -0.600. The highest BCUT2D eigenvalue weighted by atomic mass is 16.5. The molecule has 0 aliphatic heterocycles. The molecule has 5 atom stereocenters. The van der Waals surface area contributed by atoms with Crippen molar-refractivity contribution in [2.75, 3.05) is 27.4 Å². The second kappa shape index (κ2) is 23.9. The van der Waals surface area contributed by atoms with Crippen molar-refractivity contribution in [3.63, 3.8) is 0 Å². The molecule has 2 nitrogen and oxygen atoms in total. The highest BCUT2D eigenvalue weighted by molar-refractivity contribution is 5.17. The molecule has 0 aromatic heterocycles. The normalized spacial score (nSPS) is 26.7. The maximum absolute atomic E-state index is 5.80. The van der Waals surface area contributed by atoms with E-state index in [4.69, 9.17) is 9.47 Å². The van der Waals surface area contributed by atoms with Gasteiger partial charge >= 0.3 is 0 Å². The Morgan fingerprint density at radius 2 is 1.25 bits per heavy atom. The summed E-state index contributed by atoms with van der Waals surface area (Å²) in [7, 11) is 3.74. The van der Waals surface area contributed by atoms with Crippen molar-refractivity contribution in [1.29, 1.82) is 0 Å². The second-order valence-electron chi connectivity index (χ2n) is 13.4. The fourth-order valence-corrected chi connectivity index (χ4v) is 7.68. The summed E-state index contributed by atoms with van der Waals surface area (Å²) in [5.74, 6) is 3.74. The number of rotatable bonds is 22. The number of hydrogen-bond acceptors (Lipinski definition) is 2. The molecule has 1 fully saturated rings. The summed E-state index contributed by atoms with van der Waals surface area (Å²) in [6.07, 6.45) is 40.0. The predicted molar refractivity (Wildman–Crippen MR) is 176 cm³/mol. The molecular weight excluding hydrogens is 488 g/mol. The Morgan fingerprint density at radius 1 is 0.650 bits per heavy atom. The van der Waals surface area contributed by atoms with Crippen LogP contribution in [0.25, 0.3) is 0 Å². The molecule has 234 valence electrons. The van der Waals surface area contributed by atoms with Gasteiger partial charge in [-0.15, -0.1) is 0 Å². The van der Waals surface area contributed by atoms with E-state index < -0.39 is 0 Å². The average Bonchev–Trinajstić information content (AvgIpc) is 2.95. The minimum absolute atomic E-state index is 0.646. The molecule has 0 N–H and O–H groups in total. The van der Waals surface area contributed by atoms with Crippen molar-refractivity contribution in [2.24, 2.45) is 29.6 Å². The number of unbranched alkanes of at least 4 members (excludes halogenated alkanes) is 11. The minimum atomic E-state index is 0.646. The van der Waals surface area contributed by atoms with Crippen LogP contribution >= 0.6 is 0 Å². The summed E-state index contributed by atoms with van der Waals surface area (Å²) in [4.78, 5) is 0. The number of allylic oxidation sites excluding steroid dienone is 3. The molecule has 1 saturated carbocycles. The molecule has 2 rings (SSSR count). The summed E-state index contributed by atoms with van der Waals surface area (Å²) in [6, 6.07) is 0. The lowest BCUT2D eigenvalue weighted by Crippen LogP contribution is -2.31. The van der Waals surface area contributed by atoms with Crippen LogP contribution in [-0.2, 0) is 9.47 Å². The van der Waals surface area contributed by atoms with Crippen LogP contribution in [0.3, 0.4) is 0 Å². The largest absolute Gasteiger partial charge is 0.385 e. The van der Waals surface area contributed by atoms with Gasteiger partial charge in [-0.25, -0.2) is 0 Å². The van der Waals surface area contributed by atoms with Crippen molar-refractivity contribution in [3.05, 3.63) is 23.8 Å². The zero-order valence-corrected chi connectivity index (χ0v) is 27.6. The first kappa shape index (κ1) is 35.6. The van der Waals surface area contributed by atoms with Crippen molar-refractivity contribution < 1.29 is 9.47 Å². The minimum Gasteiger partial charge on any atom is -0.385 e. The fourth-order valence-electron chi connectivity index (χ4n) is 7.68. The number of methoxy groups -OCH3 is 2. The molecule has 0 saturated heterocycles. The molecule has 2 aliphatic carbocycles. The predicted octanol–water partition coefficient (Wildman–Crippen LogP) is 11.9. The molecule has 0 aromatic rings. The lowest BCUT2D eigenvalue weighted by molar-refractivity contribution is 0.154. The van der Waals surface area contributed by atoms with Crippen LogP contribution in [0.1, 0.15) is 162 Å². The van der Waals surface area contributed by atoms with Gasteiger partial charge in [-0.05, 0) is 68.6 Å². The SMILES string of the molecule is CCCCCCC1C=CC(CCCCCCCCOC)C(/C=C2\CCCCCCC2COC)C1CCCCCC. The van der Waals surface area contributed by atoms with Crippen molar-refractivity contribution in [1.82, 2.24) is 0 Å². The van der Waals surface area contributed by atoms with E-state index in [0.29, 0.717) is 5.92 Å². The Morgan fingerprint density at radius 3 is 1.95 bits per heavy atom. The van der Waals surface area contributed by atoms with Gasteiger partial charge in [-0.1, -0.05) is 140 Å². The van der Waals surface area contributed by atoms with Gasteiger partial charge in [0, 0.05) is 26.7 Å². The Balaban J connectivity index is 2.20. The Bertz CT molecular complexity index is 637. The summed E-state index contributed by atoms with van der Waals surface area (Å²) in [6.45, 7) is 6.54. The molecular formula is C38H70O2. The maximum atomic E-state index is 5.80. The maximum Gasteiger partial charge on any atom is 0.0527 e. The van der Waals surface area contributed by atoms with Crippen LogP contribution in [0, 0.1) is 29.6 Å². The van der Waals surface area contributed by atoms with E-state index in [2.05, 4.69) is 32.1 Å². The first-order valence-electron chi connectivity index (χ1n) is 18.1. The van der Waals surface area contributed by atoms with Gasteiger partial charge < -0.3 is 9.47 Å². The molecule has 0 amide bonds. The number of hydrogen-bond donors (Lipinski definition) is 0. The summed E-state index contributed by atoms with van der Waals surface area (Å²) >= 11 is 0. The van der Waals surface area contributed by atoms with E-state index in [9.17, 15) is 0 Å². The van der Waals surface area contributed by atoms with Gasteiger partial charge in [0.2, 0.25) is 0 Å². The zero-order chi connectivity index (χ0) is 28.7. The molecule has 0 heterocycles. The Kier molecular flexibility index (Phi) is 21.3. The van der Waals surface area contributed by atoms with E-state index in [-0.39, 0.29) is 0 Å². The van der Waals surface area contributed by atoms with E-state index in [1.165, 1.54) is 148 Å². The van der Waals surface area contributed by atoms with E-state index >= 15 is 0 Å². The third-order valence-electron chi connectivity index (χ3n) is 10.1. The van der Waals surface area contributed by atoms with Crippen molar-refractivity contribution >= 4 is 0 Å². The van der Waals surface area contributed by atoms with Gasteiger partial charge in [0.25, 0.3) is 0 Å². The number of ether oxygens (including phenoxy) is 2. The molecule has 0 radical (unpaired) electrons. The third-order valence-corrected chi connectivity index (χ3v) is 10.1. The first-order valence-corrected chi connectivity index (χ1v) is 18.1. The van der Waals surface area contributed by atoms with Crippen LogP contribution in [0.15, 0.2) is 23.8 Å². The summed E-state index contributed by atoms with van der Waals surface area (Å²) < 4.78 is 11.0. The molecule has 2 aliphatic rings. The Labute approximate surface area is 251 Å². The van der Waals surface area contributed by atoms with Crippen LogP contribution in [0.2, 0.25) is 0 Å². The third kappa shape index (κ3) is 14.5. The van der Waals surface area contributed by atoms with Gasteiger partial charge in [0.15, 0.2) is 0 Å². The van der Waals surface area contributed by atoms with Crippen molar-refractivity contribution in [2.45, 2.75) is 162 Å². The molecule has 40 heavy (non-hydrogen) atoms. The highest BCUT2D eigenvalue weighted by Gasteiger charge is 2.35. The smallest absolute Gasteiger partial charge is 0.0527 e. The van der Waals surface area contributed by atoms with E-state index in [1.54, 1.807) is 5.57 Å². The molecule has 5 unspecified atom stereocenters. The van der Waals surface area contributed by atoms with Gasteiger partial charge in [0.05, 0.1) is 6.61 Å². The molecule has 0 bridgehead atoms. The van der Waals surface area contributed by atoms with E-state index in [1.807, 2.05) is 14.2 Å². The second-order valence-corrected chi connectivity index (χ2v) is 13.4. The van der Waals surface area contributed by atoms with E-state index in [0.717, 1.165) is 36.9 Å². The summed E-state index contributed by atoms with van der Waals surface area (Å²) in [5, 5.41) is 0. The molecule has 0 aromatic carbocycles. The lowest BCUT2D eigenvalue weighted by atomic mass is 9.65. The topological polar surface area (TPSA) is 18.5 Å². The zero-order valence-electron chi connectivity index (χ0n) is 27.6. The average molecular weight is 559 g/mol. The van der Waals surface area contributed by atoms with Gasteiger partial charge in [-0.2, -0.15) is 0 Å². The fraction of sp³-hybridized carbons (Fsp3) is 0.895. The van der Waals surface area contributed by atoms with Gasteiger partial charge in [-0.3, -0.25) is 0 Å². The van der Waals surface area contributed by atoms with Crippen LogP contribution in [0.4, 0.5) is 0 Å². The molecule has 0 spiro atoms. The van der Waals surface area contributed by atoms with Crippen molar-refractivity contribution in [3.8, 4) is 0 Å². The lowest BCUT2D eigenvalue weighted by Gasteiger charge is -2.40. The van der Waals surface area contributed by atoms with Crippen LogP contribution < -0.4 is 0 Å². The monoisotopic (exact) mass is 559 g/mol. The standard InChI is InChI=1S/C38H70O2/c1-5-7-9-17-23-33-28-29-34(24-18-13-11-12-16-22-30-39-3)38(37(33)27-21-10-8-6-2)31-35-25-19-14-15-20-26-36(35)32-40-4/h28-29,31,33-34,36-38H,5-27,30,32H2,1-4H3/b35-31+. The van der Waals surface area contributed by atoms with Crippen LogP contribution in [0.5, 0.6) is 0 Å². The quantitative estimate of drug-likeness (QED) is 0.0971. The highest BCUT2D eigenvalue weighted by Crippen LogP contribution is 2.44. The summed E-state index contributed by atoms with van der Waals surface area (Å²) in [5.41, 5.74) is 1.77. The first-order chi connectivity index (χ1) is 19.7. The molecule has 2 heteroatoms. The van der Waals surface area contributed by atoms with Gasteiger partial charge in [0.1, 0.15) is 0 Å². The van der Waals surface area contributed by atoms with Crippen LogP contribution in [-0.4, -0.2) is 27.4 Å².